The van der Waals surface area contributed by atoms with E-state index in [1.165, 1.54) is 23.6 Å². The standard InChI is InChI=1S/C17H20BrNO/c1-2-14(11-19-13-8-9-13)20-16-10-7-12-5-3-4-6-15(12)17(16)18/h3-7,10,13-14,19H,2,8-9,11H2,1H3. The zero-order chi connectivity index (χ0) is 13.9. The Kier molecular flexibility index (Phi) is 4.27. The topological polar surface area (TPSA) is 21.3 Å². The molecule has 0 amide bonds. The maximum atomic E-state index is 6.17. The Morgan fingerprint density at radius 1 is 1.25 bits per heavy atom. The molecule has 1 aliphatic rings. The van der Waals surface area contributed by atoms with Crippen molar-refractivity contribution in [1.29, 1.82) is 0 Å². The third-order valence-corrected chi connectivity index (χ3v) is 4.61. The molecule has 106 valence electrons. The van der Waals surface area contributed by atoms with Crippen molar-refractivity contribution < 1.29 is 4.74 Å². The molecule has 0 heterocycles. The van der Waals surface area contributed by atoms with Gasteiger partial charge in [-0.3, -0.25) is 0 Å². The SMILES string of the molecule is CCC(CNC1CC1)Oc1ccc2ccccc2c1Br. The van der Waals surface area contributed by atoms with Crippen molar-refractivity contribution in [3.05, 3.63) is 40.9 Å². The minimum Gasteiger partial charge on any atom is -0.488 e. The van der Waals surface area contributed by atoms with E-state index in [0.717, 1.165) is 29.2 Å². The van der Waals surface area contributed by atoms with E-state index in [0.29, 0.717) is 0 Å². The molecule has 0 saturated heterocycles. The molecular formula is C17H20BrNO. The van der Waals surface area contributed by atoms with Gasteiger partial charge in [0.2, 0.25) is 0 Å². The number of hydrogen-bond donors (Lipinski definition) is 1. The van der Waals surface area contributed by atoms with Crippen molar-refractivity contribution in [3.63, 3.8) is 0 Å². The van der Waals surface area contributed by atoms with Gasteiger partial charge in [-0.2, -0.15) is 0 Å². The summed E-state index contributed by atoms with van der Waals surface area (Å²) >= 11 is 3.69. The third kappa shape index (κ3) is 3.15. The molecule has 20 heavy (non-hydrogen) atoms. The normalized spacial score (nSPS) is 16.3. The molecule has 1 fully saturated rings. The summed E-state index contributed by atoms with van der Waals surface area (Å²) in [6.45, 7) is 3.11. The van der Waals surface area contributed by atoms with E-state index >= 15 is 0 Å². The zero-order valence-corrected chi connectivity index (χ0v) is 13.3. The third-order valence-electron chi connectivity index (χ3n) is 3.79. The first-order chi connectivity index (χ1) is 9.78. The molecule has 3 rings (SSSR count). The van der Waals surface area contributed by atoms with Crippen LogP contribution in [0.1, 0.15) is 26.2 Å². The fraction of sp³-hybridized carbons (Fsp3) is 0.412. The monoisotopic (exact) mass is 333 g/mol. The van der Waals surface area contributed by atoms with E-state index in [1.54, 1.807) is 0 Å². The Balaban J connectivity index is 1.76. The van der Waals surface area contributed by atoms with Crippen molar-refractivity contribution >= 4 is 26.7 Å². The first-order valence-corrected chi connectivity index (χ1v) is 8.14. The molecule has 1 aliphatic carbocycles. The first kappa shape index (κ1) is 13.9. The maximum absolute atomic E-state index is 6.17. The average Bonchev–Trinajstić information content (AvgIpc) is 3.30. The summed E-state index contributed by atoms with van der Waals surface area (Å²) in [7, 11) is 0. The smallest absolute Gasteiger partial charge is 0.134 e. The average molecular weight is 334 g/mol. The molecule has 0 radical (unpaired) electrons. The second-order valence-corrected chi connectivity index (χ2v) is 6.22. The van der Waals surface area contributed by atoms with E-state index in [1.807, 2.05) is 0 Å². The van der Waals surface area contributed by atoms with Crippen molar-refractivity contribution in [3.8, 4) is 5.75 Å². The second kappa shape index (κ2) is 6.15. The van der Waals surface area contributed by atoms with Crippen LogP contribution in [-0.2, 0) is 0 Å². The number of hydrogen-bond acceptors (Lipinski definition) is 2. The molecule has 1 unspecified atom stereocenters. The molecular weight excluding hydrogens is 314 g/mol. The Hall–Kier alpha value is -1.06. The van der Waals surface area contributed by atoms with Gasteiger partial charge in [0, 0.05) is 12.6 Å². The summed E-state index contributed by atoms with van der Waals surface area (Å²) in [6.07, 6.45) is 3.87. The highest BCUT2D eigenvalue weighted by atomic mass is 79.9. The fourth-order valence-electron chi connectivity index (χ4n) is 2.34. The highest BCUT2D eigenvalue weighted by Gasteiger charge is 2.22. The van der Waals surface area contributed by atoms with Gasteiger partial charge in [0.25, 0.3) is 0 Å². The second-order valence-electron chi connectivity index (χ2n) is 5.43. The van der Waals surface area contributed by atoms with E-state index in [4.69, 9.17) is 4.74 Å². The summed E-state index contributed by atoms with van der Waals surface area (Å²) in [5, 5.41) is 5.98. The van der Waals surface area contributed by atoms with Crippen molar-refractivity contribution in [2.75, 3.05) is 6.54 Å². The number of fused-ring (bicyclic) bond motifs is 1. The lowest BCUT2D eigenvalue weighted by molar-refractivity contribution is 0.192. The Labute approximate surface area is 128 Å². The number of ether oxygens (including phenoxy) is 1. The van der Waals surface area contributed by atoms with Gasteiger partial charge in [-0.15, -0.1) is 0 Å². The molecule has 0 aliphatic heterocycles. The predicted molar refractivity (Wildman–Crippen MR) is 87.4 cm³/mol. The van der Waals surface area contributed by atoms with Crippen LogP contribution in [0.25, 0.3) is 10.8 Å². The largest absolute Gasteiger partial charge is 0.488 e. The summed E-state index contributed by atoms with van der Waals surface area (Å²) < 4.78 is 7.23. The van der Waals surface area contributed by atoms with Gasteiger partial charge in [0.05, 0.1) is 4.47 Å². The maximum Gasteiger partial charge on any atom is 0.134 e. The lowest BCUT2D eigenvalue weighted by Crippen LogP contribution is -2.32. The lowest BCUT2D eigenvalue weighted by atomic mass is 10.1. The minimum atomic E-state index is 0.230. The van der Waals surface area contributed by atoms with Gasteiger partial charge in [-0.25, -0.2) is 0 Å². The lowest BCUT2D eigenvalue weighted by Gasteiger charge is -2.19. The molecule has 2 aromatic rings. The molecule has 1 atom stereocenters. The summed E-state index contributed by atoms with van der Waals surface area (Å²) in [5.41, 5.74) is 0. The predicted octanol–water partition coefficient (Wildman–Crippen LogP) is 4.51. The molecule has 1 N–H and O–H groups in total. The summed E-state index contributed by atoms with van der Waals surface area (Å²) in [4.78, 5) is 0. The van der Waals surface area contributed by atoms with Crippen molar-refractivity contribution in [2.24, 2.45) is 0 Å². The number of benzene rings is 2. The summed E-state index contributed by atoms with van der Waals surface area (Å²) in [6, 6.07) is 13.3. The van der Waals surface area contributed by atoms with Crippen LogP contribution in [0.3, 0.4) is 0 Å². The van der Waals surface area contributed by atoms with Crippen molar-refractivity contribution in [2.45, 2.75) is 38.3 Å². The highest BCUT2D eigenvalue weighted by molar-refractivity contribution is 9.10. The van der Waals surface area contributed by atoms with Crippen molar-refractivity contribution in [1.82, 2.24) is 5.32 Å². The molecule has 0 spiro atoms. The number of rotatable bonds is 6. The minimum absolute atomic E-state index is 0.230. The Bertz CT molecular complexity index is 595. The highest BCUT2D eigenvalue weighted by Crippen LogP contribution is 2.33. The van der Waals surface area contributed by atoms with Crippen LogP contribution >= 0.6 is 15.9 Å². The molecule has 0 bridgehead atoms. The molecule has 0 aromatic heterocycles. The summed E-state index contributed by atoms with van der Waals surface area (Å²) in [5.74, 6) is 0.938. The molecule has 2 aromatic carbocycles. The quantitative estimate of drug-likeness (QED) is 0.839. The van der Waals surface area contributed by atoms with E-state index in [-0.39, 0.29) is 6.10 Å². The van der Waals surface area contributed by atoms with Gasteiger partial charge in [0.1, 0.15) is 11.9 Å². The van der Waals surface area contributed by atoms with E-state index in [2.05, 4.69) is 64.6 Å². The van der Waals surface area contributed by atoms with Crippen LogP contribution < -0.4 is 10.1 Å². The fourth-order valence-corrected chi connectivity index (χ4v) is 2.93. The van der Waals surface area contributed by atoms with Gasteiger partial charge in [-0.05, 0) is 52.0 Å². The molecule has 2 nitrogen and oxygen atoms in total. The molecule has 3 heteroatoms. The van der Waals surface area contributed by atoms with E-state index < -0.39 is 0 Å². The van der Waals surface area contributed by atoms with Crippen LogP contribution in [-0.4, -0.2) is 18.7 Å². The van der Waals surface area contributed by atoms with Crippen LogP contribution in [0.4, 0.5) is 0 Å². The van der Waals surface area contributed by atoms with E-state index in [9.17, 15) is 0 Å². The van der Waals surface area contributed by atoms with Gasteiger partial charge < -0.3 is 10.1 Å². The van der Waals surface area contributed by atoms with Gasteiger partial charge in [-0.1, -0.05) is 37.3 Å². The Morgan fingerprint density at radius 2 is 2.05 bits per heavy atom. The zero-order valence-electron chi connectivity index (χ0n) is 11.7. The van der Waals surface area contributed by atoms with Gasteiger partial charge >= 0.3 is 0 Å². The number of halogens is 1. The van der Waals surface area contributed by atoms with Crippen LogP contribution in [0.2, 0.25) is 0 Å². The van der Waals surface area contributed by atoms with Crippen LogP contribution in [0.5, 0.6) is 5.75 Å². The van der Waals surface area contributed by atoms with Gasteiger partial charge in [0.15, 0.2) is 0 Å². The first-order valence-electron chi connectivity index (χ1n) is 7.35. The number of nitrogens with one attached hydrogen (secondary N) is 1. The van der Waals surface area contributed by atoms with Crippen LogP contribution in [0, 0.1) is 0 Å². The van der Waals surface area contributed by atoms with Crippen LogP contribution in [0.15, 0.2) is 40.9 Å². The molecule has 1 saturated carbocycles. The Morgan fingerprint density at radius 3 is 2.80 bits per heavy atom.